The first-order chi connectivity index (χ1) is 22.4. The van der Waals surface area contributed by atoms with Crippen LogP contribution >= 0.6 is 0 Å². The average molecular weight is 659 g/mol. The van der Waals surface area contributed by atoms with Crippen LogP contribution in [0.1, 0.15) is 189 Å². The van der Waals surface area contributed by atoms with Crippen LogP contribution in [-0.4, -0.2) is 19.3 Å². The van der Waals surface area contributed by atoms with Gasteiger partial charge in [-0.15, -0.1) is 0 Å². The maximum atomic E-state index is 10.5. The van der Waals surface area contributed by atoms with E-state index in [4.69, 9.17) is 9.47 Å². The first-order valence-corrected chi connectivity index (χ1v) is 20.3. The van der Waals surface area contributed by atoms with Gasteiger partial charge in [0, 0.05) is 0 Å². The number of phenolic OH excluding ortho intramolecular Hbond substituents is 1. The average Bonchev–Trinajstić information content (AvgIpc) is 3.01. The van der Waals surface area contributed by atoms with Gasteiger partial charge in [-0.05, 0) is 78.4 Å². The number of aromatic hydroxyl groups is 1. The molecule has 6 atom stereocenters. The zero-order valence-corrected chi connectivity index (χ0v) is 33.5. The summed E-state index contributed by atoms with van der Waals surface area (Å²) in [7, 11) is 3.20. The fourth-order valence-corrected chi connectivity index (χ4v) is 7.60. The Morgan fingerprint density at radius 2 is 0.809 bits per heavy atom. The van der Waals surface area contributed by atoms with Gasteiger partial charge in [-0.3, -0.25) is 0 Å². The molecule has 0 saturated heterocycles. The van der Waals surface area contributed by atoms with Crippen LogP contribution in [0.2, 0.25) is 0 Å². The van der Waals surface area contributed by atoms with E-state index >= 15 is 0 Å². The molecule has 1 rings (SSSR count). The minimum atomic E-state index is 0.210. The topological polar surface area (TPSA) is 38.7 Å². The molecule has 0 spiro atoms. The van der Waals surface area contributed by atoms with E-state index in [0.717, 1.165) is 59.5 Å². The van der Waals surface area contributed by atoms with Crippen LogP contribution in [0, 0.1) is 48.3 Å². The Hall–Kier alpha value is -1.38. The number of phenols is 1. The normalized spacial score (nSPS) is 15.7. The van der Waals surface area contributed by atoms with E-state index < -0.39 is 0 Å². The van der Waals surface area contributed by atoms with Crippen molar-refractivity contribution >= 4 is 0 Å². The summed E-state index contributed by atoms with van der Waals surface area (Å²) in [6, 6.07) is 2.03. The van der Waals surface area contributed by atoms with Gasteiger partial charge < -0.3 is 14.6 Å². The molecule has 0 aliphatic rings. The van der Waals surface area contributed by atoms with Crippen molar-refractivity contribution in [1.29, 1.82) is 0 Å². The van der Waals surface area contributed by atoms with Gasteiger partial charge in [0.05, 0.1) is 14.2 Å². The maximum Gasteiger partial charge on any atom is 0.203 e. The van der Waals surface area contributed by atoms with Gasteiger partial charge in [-0.2, -0.15) is 0 Å². The third-order valence-electron chi connectivity index (χ3n) is 11.4. The largest absolute Gasteiger partial charge is 0.504 e. The van der Waals surface area contributed by atoms with Crippen LogP contribution in [0.4, 0.5) is 0 Å². The lowest BCUT2D eigenvalue weighted by Gasteiger charge is -2.18. The number of methoxy groups -OCH3 is 2. The maximum absolute atomic E-state index is 10.5. The number of aryl methyl sites for hydroxylation is 1. The number of benzene rings is 1. The third-order valence-corrected chi connectivity index (χ3v) is 11.4. The molecule has 276 valence electrons. The molecule has 0 heterocycles. The fraction of sp³-hybridized carbons (Fsp3) is 0.864. The lowest BCUT2D eigenvalue weighted by Crippen LogP contribution is -2.03. The van der Waals surface area contributed by atoms with E-state index in [-0.39, 0.29) is 5.75 Å². The molecule has 0 fully saturated rings. The summed E-state index contributed by atoms with van der Waals surface area (Å²) in [4.78, 5) is 0. The van der Waals surface area contributed by atoms with Crippen LogP contribution in [0.15, 0.2) is 6.07 Å². The second-order valence-electron chi connectivity index (χ2n) is 16.9. The first kappa shape index (κ1) is 43.6. The first-order valence-electron chi connectivity index (χ1n) is 20.3. The fourth-order valence-electron chi connectivity index (χ4n) is 7.60. The summed E-state index contributed by atoms with van der Waals surface area (Å²) in [6.07, 6.45) is 27.4. The SMILES string of the molecule is COc1cc(CCC(C)CCCC(C)CCCC(C)CCCC(C)CCCC(C)CCCC(C)CCCC(C)C)c(C)c(O)c1OC. The van der Waals surface area contributed by atoms with E-state index in [1.807, 2.05) is 13.0 Å². The van der Waals surface area contributed by atoms with Crippen molar-refractivity contribution in [1.82, 2.24) is 0 Å². The lowest BCUT2D eigenvalue weighted by atomic mass is 9.88. The summed E-state index contributed by atoms with van der Waals surface area (Å²) >= 11 is 0. The van der Waals surface area contributed by atoms with Gasteiger partial charge in [-0.1, -0.05) is 171 Å². The Kier molecular flexibility index (Phi) is 23.7. The predicted octanol–water partition coefficient (Wildman–Crippen LogP) is 14.1. The molecular formula is C44H82O3. The highest BCUT2D eigenvalue weighted by molar-refractivity contribution is 5.57. The summed E-state index contributed by atoms with van der Waals surface area (Å²) in [5.74, 6) is 7.24. The Morgan fingerprint density at radius 3 is 1.11 bits per heavy atom. The van der Waals surface area contributed by atoms with Gasteiger partial charge in [0.15, 0.2) is 11.5 Å². The second-order valence-corrected chi connectivity index (χ2v) is 16.9. The number of rotatable bonds is 29. The molecule has 0 saturated carbocycles. The molecule has 0 aliphatic heterocycles. The van der Waals surface area contributed by atoms with Crippen molar-refractivity contribution in [2.75, 3.05) is 14.2 Å². The van der Waals surface area contributed by atoms with Crippen LogP contribution in [-0.2, 0) is 6.42 Å². The van der Waals surface area contributed by atoms with E-state index in [9.17, 15) is 5.11 Å². The van der Waals surface area contributed by atoms with Gasteiger partial charge in [0.2, 0.25) is 5.75 Å². The van der Waals surface area contributed by atoms with Crippen molar-refractivity contribution < 1.29 is 14.6 Å². The van der Waals surface area contributed by atoms with E-state index in [1.165, 1.54) is 116 Å². The molecule has 1 N–H and O–H groups in total. The van der Waals surface area contributed by atoms with Gasteiger partial charge >= 0.3 is 0 Å². The summed E-state index contributed by atoms with van der Waals surface area (Å²) in [6.45, 7) is 21.5. The van der Waals surface area contributed by atoms with Crippen LogP contribution in [0.3, 0.4) is 0 Å². The molecular weight excluding hydrogens is 576 g/mol. The highest BCUT2D eigenvalue weighted by Crippen LogP contribution is 2.41. The zero-order chi connectivity index (χ0) is 35.2. The quantitative estimate of drug-likeness (QED) is 0.0931. The van der Waals surface area contributed by atoms with E-state index in [0.29, 0.717) is 17.4 Å². The van der Waals surface area contributed by atoms with Crippen LogP contribution < -0.4 is 9.47 Å². The Labute approximate surface area is 294 Å². The van der Waals surface area contributed by atoms with Gasteiger partial charge in [-0.25, -0.2) is 0 Å². The molecule has 1 aromatic carbocycles. The van der Waals surface area contributed by atoms with Crippen molar-refractivity contribution in [2.45, 2.75) is 191 Å². The van der Waals surface area contributed by atoms with Crippen molar-refractivity contribution in [3.05, 3.63) is 17.2 Å². The molecule has 0 bridgehead atoms. The second kappa shape index (κ2) is 25.6. The Bertz CT molecular complexity index is 908. The molecule has 0 aliphatic carbocycles. The molecule has 0 amide bonds. The highest BCUT2D eigenvalue weighted by atomic mass is 16.5. The molecule has 3 heteroatoms. The molecule has 3 nitrogen and oxygen atoms in total. The molecule has 1 aromatic rings. The van der Waals surface area contributed by atoms with Crippen molar-refractivity contribution in [3.63, 3.8) is 0 Å². The minimum Gasteiger partial charge on any atom is -0.504 e. The van der Waals surface area contributed by atoms with Crippen LogP contribution in [0.25, 0.3) is 0 Å². The summed E-state index contributed by atoms with van der Waals surface area (Å²) < 4.78 is 10.8. The van der Waals surface area contributed by atoms with Crippen molar-refractivity contribution in [3.8, 4) is 17.2 Å². The summed E-state index contributed by atoms with van der Waals surface area (Å²) in [5.41, 5.74) is 2.07. The standard InChI is InChI=1S/C44H82O3/c1-33(2)18-12-19-34(3)20-13-21-35(4)22-14-23-36(5)24-15-25-37(6)26-16-27-38(7)28-17-29-39(8)30-31-41-32-42(46-10)44(47-11)43(45)40(41)9/h32-39,45H,12-31H2,1-11H3. The lowest BCUT2D eigenvalue weighted by molar-refractivity contribution is 0.331. The molecule has 0 aromatic heterocycles. The van der Waals surface area contributed by atoms with Gasteiger partial charge in [0.1, 0.15) is 0 Å². The molecule has 47 heavy (non-hydrogen) atoms. The van der Waals surface area contributed by atoms with Gasteiger partial charge in [0.25, 0.3) is 0 Å². The van der Waals surface area contributed by atoms with E-state index in [2.05, 4.69) is 55.4 Å². The predicted molar refractivity (Wildman–Crippen MR) is 207 cm³/mol. The highest BCUT2D eigenvalue weighted by Gasteiger charge is 2.17. The molecule has 6 unspecified atom stereocenters. The molecule has 0 radical (unpaired) electrons. The minimum absolute atomic E-state index is 0.210. The van der Waals surface area contributed by atoms with Crippen molar-refractivity contribution in [2.24, 2.45) is 41.4 Å². The number of hydrogen-bond donors (Lipinski definition) is 1. The number of hydrogen-bond acceptors (Lipinski definition) is 3. The number of ether oxygens (including phenoxy) is 2. The van der Waals surface area contributed by atoms with E-state index in [1.54, 1.807) is 14.2 Å². The third kappa shape index (κ3) is 20.0. The van der Waals surface area contributed by atoms with Crippen LogP contribution in [0.5, 0.6) is 17.2 Å². The monoisotopic (exact) mass is 659 g/mol. The Balaban J connectivity index is 2.09. The summed E-state index contributed by atoms with van der Waals surface area (Å²) in [5, 5.41) is 10.5. The Morgan fingerprint density at radius 1 is 0.489 bits per heavy atom. The smallest absolute Gasteiger partial charge is 0.203 e. The zero-order valence-electron chi connectivity index (χ0n) is 33.5.